The summed E-state index contributed by atoms with van der Waals surface area (Å²) in [5, 5.41) is 0. The molecule has 1 aromatic carbocycles. The van der Waals surface area contributed by atoms with Gasteiger partial charge in [0.05, 0.1) is 0 Å². The van der Waals surface area contributed by atoms with Gasteiger partial charge >= 0.3 is 0 Å². The molecule has 1 heteroatoms. The Hall–Kier alpha value is -0.820. The summed E-state index contributed by atoms with van der Waals surface area (Å²) in [6, 6.07) is 9.48. The molecule has 1 unspecified atom stereocenters. The molecular formula is C16H25N. The van der Waals surface area contributed by atoms with Crippen LogP contribution in [0.1, 0.15) is 56.6 Å². The van der Waals surface area contributed by atoms with Crippen molar-refractivity contribution in [2.45, 2.75) is 57.9 Å². The zero-order valence-corrected chi connectivity index (χ0v) is 11.2. The lowest BCUT2D eigenvalue weighted by Gasteiger charge is -2.26. The number of nitrogens with two attached hydrogens (primary N) is 1. The Morgan fingerprint density at radius 1 is 1.29 bits per heavy atom. The van der Waals surface area contributed by atoms with E-state index in [0.29, 0.717) is 12.0 Å². The molecule has 0 spiro atoms. The fourth-order valence-corrected chi connectivity index (χ4v) is 2.41. The highest BCUT2D eigenvalue weighted by molar-refractivity contribution is 5.27. The quantitative estimate of drug-likeness (QED) is 0.818. The van der Waals surface area contributed by atoms with Crippen molar-refractivity contribution in [2.24, 2.45) is 11.7 Å². The van der Waals surface area contributed by atoms with Gasteiger partial charge in [0.1, 0.15) is 0 Å². The van der Waals surface area contributed by atoms with Crippen LogP contribution in [0.2, 0.25) is 0 Å². The molecule has 1 fully saturated rings. The predicted molar refractivity (Wildman–Crippen MR) is 74.2 cm³/mol. The standard InChI is InChI=1S/C16H25N/c1-12(2)16(17)10-9-13-5-3-8-15(11-13)14-6-4-7-14/h3,5,8,11-12,14,16H,4,6-7,9-10,17H2,1-2H3. The van der Waals surface area contributed by atoms with Crippen LogP contribution < -0.4 is 5.73 Å². The van der Waals surface area contributed by atoms with Gasteiger partial charge in [0.2, 0.25) is 0 Å². The summed E-state index contributed by atoms with van der Waals surface area (Å²) < 4.78 is 0. The monoisotopic (exact) mass is 231 g/mol. The summed E-state index contributed by atoms with van der Waals surface area (Å²) in [7, 11) is 0. The van der Waals surface area contributed by atoms with E-state index < -0.39 is 0 Å². The minimum Gasteiger partial charge on any atom is -0.327 e. The van der Waals surface area contributed by atoms with Crippen LogP contribution in [0.5, 0.6) is 0 Å². The minimum absolute atomic E-state index is 0.336. The van der Waals surface area contributed by atoms with E-state index in [2.05, 4.69) is 38.1 Å². The Morgan fingerprint density at radius 2 is 2.06 bits per heavy atom. The molecule has 1 aromatic rings. The van der Waals surface area contributed by atoms with Gasteiger partial charge in [-0.25, -0.2) is 0 Å². The Balaban J connectivity index is 1.92. The van der Waals surface area contributed by atoms with Crippen molar-refractivity contribution in [3.8, 4) is 0 Å². The van der Waals surface area contributed by atoms with Gasteiger partial charge in [-0.2, -0.15) is 0 Å². The first-order valence-corrected chi connectivity index (χ1v) is 7.01. The molecule has 0 heterocycles. The molecule has 0 bridgehead atoms. The molecule has 1 atom stereocenters. The molecule has 2 N–H and O–H groups in total. The molecule has 1 saturated carbocycles. The van der Waals surface area contributed by atoms with Crippen LogP contribution in [0.25, 0.3) is 0 Å². The van der Waals surface area contributed by atoms with Crippen LogP contribution >= 0.6 is 0 Å². The Labute approximate surface area is 105 Å². The van der Waals surface area contributed by atoms with Crippen molar-refractivity contribution < 1.29 is 0 Å². The number of rotatable bonds is 5. The lowest BCUT2D eigenvalue weighted by molar-refractivity contribution is 0.419. The maximum absolute atomic E-state index is 6.10. The third-order valence-corrected chi connectivity index (χ3v) is 4.15. The maximum atomic E-state index is 6.10. The minimum atomic E-state index is 0.336. The lowest BCUT2D eigenvalue weighted by atomic mass is 9.79. The smallest absolute Gasteiger partial charge is 0.00650 e. The molecule has 0 aromatic heterocycles. The molecule has 1 aliphatic carbocycles. The van der Waals surface area contributed by atoms with Gasteiger partial charge < -0.3 is 5.73 Å². The highest BCUT2D eigenvalue weighted by atomic mass is 14.6. The number of aryl methyl sites for hydroxylation is 1. The third-order valence-electron chi connectivity index (χ3n) is 4.15. The van der Waals surface area contributed by atoms with E-state index >= 15 is 0 Å². The van der Waals surface area contributed by atoms with Crippen molar-refractivity contribution in [3.05, 3.63) is 35.4 Å². The first-order valence-electron chi connectivity index (χ1n) is 7.01. The molecule has 1 nitrogen and oxygen atoms in total. The Bertz CT molecular complexity index is 352. The van der Waals surface area contributed by atoms with Crippen molar-refractivity contribution in [2.75, 3.05) is 0 Å². The molecule has 17 heavy (non-hydrogen) atoms. The third kappa shape index (κ3) is 3.32. The van der Waals surface area contributed by atoms with Crippen LogP contribution in [0.3, 0.4) is 0 Å². The topological polar surface area (TPSA) is 26.0 Å². The van der Waals surface area contributed by atoms with E-state index in [1.54, 1.807) is 5.56 Å². The van der Waals surface area contributed by atoms with Crippen LogP contribution in [-0.4, -0.2) is 6.04 Å². The van der Waals surface area contributed by atoms with E-state index in [4.69, 9.17) is 5.73 Å². The van der Waals surface area contributed by atoms with Crippen LogP contribution in [-0.2, 0) is 6.42 Å². The molecular weight excluding hydrogens is 206 g/mol. The van der Waals surface area contributed by atoms with E-state index in [0.717, 1.165) is 18.8 Å². The molecule has 2 rings (SSSR count). The van der Waals surface area contributed by atoms with Crippen LogP contribution in [0, 0.1) is 5.92 Å². The highest BCUT2D eigenvalue weighted by Gasteiger charge is 2.19. The first kappa shape index (κ1) is 12.6. The summed E-state index contributed by atoms with van der Waals surface area (Å²) >= 11 is 0. The van der Waals surface area contributed by atoms with E-state index in [-0.39, 0.29) is 0 Å². The largest absolute Gasteiger partial charge is 0.327 e. The normalized spacial score (nSPS) is 18.1. The summed E-state index contributed by atoms with van der Waals surface area (Å²) in [6.45, 7) is 4.41. The second-order valence-corrected chi connectivity index (χ2v) is 5.82. The molecule has 0 radical (unpaired) electrons. The molecule has 0 amide bonds. The zero-order chi connectivity index (χ0) is 12.3. The number of hydrogen-bond acceptors (Lipinski definition) is 1. The molecule has 0 saturated heterocycles. The van der Waals surface area contributed by atoms with Gasteiger partial charge in [-0.1, -0.05) is 44.5 Å². The average Bonchev–Trinajstić information content (AvgIpc) is 2.24. The maximum Gasteiger partial charge on any atom is 0.00650 e. The Morgan fingerprint density at radius 3 is 2.65 bits per heavy atom. The second-order valence-electron chi connectivity index (χ2n) is 5.82. The van der Waals surface area contributed by atoms with Crippen LogP contribution in [0.15, 0.2) is 24.3 Å². The highest BCUT2D eigenvalue weighted by Crippen LogP contribution is 2.36. The van der Waals surface area contributed by atoms with Gasteiger partial charge in [0.15, 0.2) is 0 Å². The van der Waals surface area contributed by atoms with Crippen molar-refractivity contribution >= 4 is 0 Å². The average molecular weight is 231 g/mol. The second kappa shape index (κ2) is 5.68. The van der Waals surface area contributed by atoms with Gasteiger partial charge in [-0.15, -0.1) is 0 Å². The van der Waals surface area contributed by atoms with Crippen molar-refractivity contribution in [1.82, 2.24) is 0 Å². The number of benzene rings is 1. The number of hydrogen-bond donors (Lipinski definition) is 1. The van der Waals surface area contributed by atoms with Gasteiger partial charge in [0, 0.05) is 6.04 Å². The van der Waals surface area contributed by atoms with Gasteiger partial charge in [0.25, 0.3) is 0 Å². The summed E-state index contributed by atoms with van der Waals surface area (Å²) in [5.74, 6) is 1.43. The van der Waals surface area contributed by atoms with Gasteiger partial charge in [-0.3, -0.25) is 0 Å². The van der Waals surface area contributed by atoms with E-state index in [9.17, 15) is 0 Å². The fraction of sp³-hybridized carbons (Fsp3) is 0.625. The summed E-state index contributed by atoms with van der Waals surface area (Å²) in [5.41, 5.74) is 9.11. The van der Waals surface area contributed by atoms with E-state index in [1.807, 2.05) is 0 Å². The van der Waals surface area contributed by atoms with Crippen molar-refractivity contribution in [3.63, 3.8) is 0 Å². The lowest BCUT2D eigenvalue weighted by Crippen LogP contribution is -2.26. The fourth-order valence-electron chi connectivity index (χ4n) is 2.41. The van der Waals surface area contributed by atoms with Crippen molar-refractivity contribution in [1.29, 1.82) is 0 Å². The molecule has 94 valence electrons. The predicted octanol–water partition coefficient (Wildman–Crippen LogP) is 3.87. The van der Waals surface area contributed by atoms with Crippen LogP contribution in [0.4, 0.5) is 0 Å². The SMILES string of the molecule is CC(C)C(N)CCc1cccc(C2CCC2)c1. The molecule has 0 aliphatic heterocycles. The van der Waals surface area contributed by atoms with Gasteiger partial charge in [-0.05, 0) is 48.6 Å². The van der Waals surface area contributed by atoms with E-state index in [1.165, 1.54) is 24.8 Å². The summed E-state index contributed by atoms with van der Waals surface area (Å²) in [6.07, 6.45) is 6.41. The Kier molecular flexibility index (Phi) is 4.22. The first-order chi connectivity index (χ1) is 8.16. The summed E-state index contributed by atoms with van der Waals surface area (Å²) in [4.78, 5) is 0. The molecule has 1 aliphatic rings. The zero-order valence-electron chi connectivity index (χ0n) is 11.2.